The highest BCUT2D eigenvalue weighted by atomic mass is 35.5. The van der Waals surface area contributed by atoms with Gasteiger partial charge in [0.1, 0.15) is 17.6 Å². The van der Waals surface area contributed by atoms with Crippen LogP contribution in [0.5, 0.6) is 5.75 Å². The van der Waals surface area contributed by atoms with E-state index < -0.39 is 139 Å². The summed E-state index contributed by atoms with van der Waals surface area (Å²) in [4.78, 5) is 150. The van der Waals surface area contributed by atoms with Crippen LogP contribution in [-0.2, 0) is 44.8 Å². The van der Waals surface area contributed by atoms with Gasteiger partial charge >= 0.3 is 6.09 Å². The summed E-state index contributed by atoms with van der Waals surface area (Å²) < 4.78 is 5.98. The van der Waals surface area contributed by atoms with E-state index in [9.17, 15) is 58.2 Å². The number of nitrogens with one attached hydrogen (secondary N) is 6. The first-order valence-electron chi connectivity index (χ1n) is 28.0. The molecule has 2 aromatic carbocycles. The van der Waals surface area contributed by atoms with Crippen LogP contribution in [-0.4, -0.2) is 145 Å². The van der Waals surface area contributed by atoms with Gasteiger partial charge in [0.15, 0.2) is 17.3 Å². The highest BCUT2D eigenvalue weighted by molar-refractivity contribution is 6.31. The number of nitrogens with zero attached hydrogens (tertiary/aromatic N) is 3. The molecule has 0 saturated carbocycles. The number of likely N-dealkylation sites (tertiary alicyclic amines) is 1. The van der Waals surface area contributed by atoms with E-state index in [0.29, 0.717) is 60.0 Å². The van der Waals surface area contributed by atoms with Crippen LogP contribution in [0.3, 0.4) is 0 Å². The van der Waals surface area contributed by atoms with Crippen molar-refractivity contribution in [3.05, 3.63) is 75.0 Å². The summed E-state index contributed by atoms with van der Waals surface area (Å²) in [5, 5.41) is 32.1. The molecule has 4 aromatic rings. The number of ketones is 3. The van der Waals surface area contributed by atoms with E-state index in [2.05, 4.69) is 46.9 Å². The number of amides is 6. The van der Waals surface area contributed by atoms with Gasteiger partial charge in [-0.25, -0.2) is 14.8 Å². The Balaban J connectivity index is 1.25. The number of rotatable bonds is 33. The molecule has 3 heterocycles. The highest BCUT2D eigenvalue weighted by Crippen LogP contribution is 2.33. The molecule has 26 heteroatoms. The summed E-state index contributed by atoms with van der Waals surface area (Å²) in [5.74, 6) is -8.63. The number of carbonyl (C=O) groups is 9. The van der Waals surface area contributed by atoms with Crippen LogP contribution in [0, 0.1) is 23.7 Å². The van der Waals surface area contributed by atoms with Crippen molar-refractivity contribution in [2.45, 2.75) is 148 Å². The molecule has 1 unspecified atom stereocenters. The SMILES string of the molecule is CC(=O)N[C@@H](Cc1cnc[nH]1)C(=O)C[C@@H](CO)C(=O)N[C@@H](CO)C(=O)C[C@@H](CCCC[NH3+])C(=O)N[C@@H](CC(C)C)C(=O)C[C@@H](CCC(N)=O)C(=O)N[C@@H](C)CC1CCCCN1C(=O)Oc1ccc(Cl)cc1-c1nc2ccc(Cl)cc2c(=O)[nH]1. The Kier molecular flexibility index (Phi) is 26.2. The van der Waals surface area contributed by atoms with Gasteiger partial charge in [0.25, 0.3) is 5.56 Å². The van der Waals surface area contributed by atoms with Gasteiger partial charge in [0.05, 0.1) is 60.6 Å². The second-order valence-corrected chi connectivity index (χ2v) is 22.6. The van der Waals surface area contributed by atoms with Crippen molar-refractivity contribution in [3.63, 3.8) is 0 Å². The third kappa shape index (κ3) is 20.6. The average molecular weight is 1200 g/mol. The number of nitrogens with two attached hydrogens (primary N) is 1. The summed E-state index contributed by atoms with van der Waals surface area (Å²) in [6, 6.07) is 4.52. The molecule has 5 rings (SSSR count). The predicted molar refractivity (Wildman–Crippen MR) is 307 cm³/mol. The Morgan fingerprint density at radius 2 is 1.45 bits per heavy atom. The Labute approximate surface area is 490 Å². The molecule has 1 aliphatic rings. The first-order valence-corrected chi connectivity index (χ1v) is 28.8. The number of piperidine rings is 1. The lowest BCUT2D eigenvalue weighted by atomic mass is 9.88. The Bertz CT molecular complexity index is 2980. The molecular formula is C57H78Cl2N11O13+. The number of fused-ring (bicyclic) bond motifs is 1. The van der Waals surface area contributed by atoms with Gasteiger partial charge < -0.3 is 62.6 Å². The van der Waals surface area contributed by atoms with E-state index in [-0.39, 0.29) is 67.0 Å². The number of unbranched alkanes of at least 4 members (excludes halogenated alkanes) is 1. The maximum atomic E-state index is 14.4. The van der Waals surface area contributed by atoms with Gasteiger partial charge in [0, 0.05) is 91.4 Å². The van der Waals surface area contributed by atoms with Crippen molar-refractivity contribution in [2.24, 2.45) is 29.4 Å². The molecule has 1 fully saturated rings. The fraction of sp³-hybridized carbons (Fsp3) is 0.544. The minimum Gasteiger partial charge on any atom is -0.409 e. The molecule has 83 heavy (non-hydrogen) atoms. The van der Waals surface area contributed by atoms with E-state index in [1.54, 1.807) is 24.0 Å². The summed E-state index contributed by atoms with van der Waals surface area (Å²) >= 11 is 12.5. The van der Waals surface area contributed by atoms with Crippen LogP contribution in [0.2, 0.25) is 10.0 Å². The largest absolute Gasteiger partial charge is 0.415 e. The van der Waals surface area contributed by atoms with E-state index in [1.165, 1.54) is 43.7 Å². The summed E-state index contributed by atoms with van der Waals surface area (Å²) in [5.41, 5.74) is 10.1. The molecule has 0 radical (unpaired) electrons. The summed E-state index contributed by atoms with van der Waals surface area (Å²) in [6.45, 7) is 5.81. The number of Topliss-reactive ketones (excluding diaryl/α,β-unsaturated/α-hetero) is 3. The van der Waals surface area contributed by atoms with Gasteiger partial charge in [-0.1, -0.05) is 37.0 Å². The molecule has 2 aromatic heterocycles. The number of aromatic amines is 2. The molecule has 0 aliphatic carbocycles. The zero-order valence-corrected chi connectivity index (χ0v) is 48.8. The number of halogens is 2. The molecule has 0 spiro atoms. The van der Waals surface area contributed by atoms with Gasteiger partial charge in [-0.05, 0) is 107 Å². The van der Waals surface area contributed by atoms with Crippen molar-refractivity contribution in [2.75, 3.05) is 26.3 Å². The number of primary amides is 1. The molecule has 24 nitrogen and oxygen atoms in total. The topological polar surface area (TPSA) is 383 Å². The van der Waals surface area contributed by atoms with E-state index >= 15 is 0 Å². The molecule has 13 N–H and O–H groups in total. The number of carbonyl (C=O) groups excluding carboxylic acids is 9. The first kappa shape index (κ1) is 66.7. The molecule has 0 bridgehead atoms. The number of aliphatic hydroxyl groups is 2. The standard InChI is InChI=1S/C57H77Cl2N11O13/c1-31(2)19-44(67-54(79)34(9-5-7-17-60)21-49(76)46(29-72)68-55(80)36(28-71)23-48(75)45(65-33(4)73)26-39-27-62-30-63-39)47(74)22-35(11-16-51(61)77)53(78)64-32(3)20-40-10-6-8-18-70(40)57(82)83-50-15-13-38(59)25-42(50)52-66-43-14-12-37(58)24-41(43)56(81)69-52/h12-15,24-25,27,30-32,34-36,40,44-46,71-72H,5-11,16-23,26,28-29,60H2,1-4H3,(H2,61,77)(H,62,63)(H,64,78)(H,65,73)(H,67,79)(H,68,80)(H,66,69,81)/p+1/t32-,34+,35+,36-,40?,44-,45-,46-/m0/s1. The third-order valence-corrected chi connectivity index (χ3v) is 14.9. The molecule has 1 saturated heterocycles. The molecular weight excluding hydrogens is 1120 g/mol. The summed E-state index contributed by atoms with van der Waals surface area (Å²) in [6.07, 6.45) is 4.14. The lowest BCUT2D eigenvalue weighted by molar-refractivity contribution is -0.368. The van der Waals surface area contributed by atoms with Gasteiger partial charge in [0.2, 0.25) is 29.5 Å². The van der Waals surface area contributed by atoms with Crippen LogP contribution in [0.1, 0.15) is 117 Å². The van der Waals surface area contributed by atoms with Crippen molar-refractivity contribution < 1.29 is 63.8 Å². The molecule has 8 atom stereocenters. The lowest BCUT2D eigenvalue weighted by Crippen LogP contribution is -2.50. The third-order valence-electron chi connectivity index (χ3n) is 14.4. The molecule has 6 amide bonds. The van der Waals surface area contributed by atoms with Crippen molar-refractivity contribution >= 4 is 87.1 Å². The lowest BCUT2D eigenvalue weighted by Gasteiger charge is -2.36. The number of aromatic nitrogens is 4. The Morgan fingerprint density at radius 1 is 0.807 bits per heavy atom. The number of aliphatic hydroxyl groups excluding tert-OH is 2. The second-order valence-electron chi connectivity index (χ2n) is 21.7. The van der Waals surface area contributed by atoms with Crippen LogP contribution in [0.25, 0.3) is 22.3 Å². The minimum atomic E-state index is -1.54. The Morgan fingerprint density at radius 3 is 2.10 bits per heavy atom. The van der Waals surface area contributed by atoms with E-state index in [0.717, 1.165) is 6.42 Å². The number of hydrogen-bond acceptors (Lipinski definition) is 15. The van der Waals surface area contributed by atoms with Crippen molar-refractivity contribution in [1.82, 2.24) is 46.1 Å². The predicted octanol–water partition coefficient (Wildman–Crippen LogP) is 3.02. The van der Waals surface area contributed by atoms with Gasteiger partial charge in [-0.2, -0.15) is 0 Å². The zero-order chi connectivity index (χ0) is 60.9. The van der Waals surface area contributed by atoms with Gasteiger partial charge in [-0.3, -0.25) is 43.2 Å². The van der Waals surface area contributed by atoms with Crippen molar-refractivity contribution in [3.8, 4) is 17.1 Å². The average Bonchev–Trinajstić information content (AvgIpc) is 4.06. The van der Waals surface area contributed by atoms with Crippen LogP contribution >= 0.6 is 23.2 Å². The van der Waals surface area contributed by atoms with Crippen LogP contribution in [0.15, 0.2) is 53.7 Å². The monoisotopic (exact) mass is 1190 g/mol. The molecule has 452 valence electrons. The normalized spacial score (nSPS) is 15.9. The number of H-pyrrole nitrogens is 2. The summed E-state index contributed by atoms with van der Waals surface area (Å²) in [7, 11) is 0. The highest BCUT2D eigenvalue weighted by Gasteiger charge is 2.36. The maximum absolute atomic E-state index is 14.4. The van der Waals surface area contributed by atoms with E-state index in [4.69, 9.17) is 33.7 Å². The quantitative estimate of drug-likeness (QED) is 0.0307. The fourth-order valence-electron chi connectivity index (χ4n) is 10.1. The zero-order valence-electron chi connectivity index (χ0n) is 47.3. The number of benzene rings is 2. The van der Waals surface area contributed by atoms with Gasteiger partial charge in [-0.15, -0.1) is 0 Å². The first-order chi connectivity index (χ1) is 39.5. The van der Waals surface area contributed by atoms with Crippen molar-refractivity contribution in [1.29, 1.82) is 0 Å². The maximum Gasteiger partial charge on any atom is 0.415 e. The number of quaternary nitrogens is 1. The minimum absolute atomic E-state index is 0.0253. The number of hydrogen-bond donors (Lipinski definition) is 10. The fourth-order valence-corrected chi connectivity index (χ4v) is 10.4. The van der Waals surface area contributed by atoms with E-state index in [1.807, 2.05) is 13.8 Å². The van der Waals surface area contributed by atoms with Crippen LogP contribution < -0.4 is 43.0 Å². The number of imidazole rings is 1. The Hall–Kier alpha value is -7.12. The van der Waals surface area contributed by atoms with Crippen LogP contribution in [0.4, 0.5) is 4.79 Å². The molecule has 1 aliphatic heterocycles. The number of ether oxygens (including phenoxy) is 1. The second kappa shape index (κ2) is 32.7. The smallest absolute Gasteiger partial charge is 0.409 e.